The van der Waals surface area contributed by atoms with Crippen LogP contribution in [0.1, 0.15) is 6.42 Å². The first-order valence-corrected chi connectivity index (χ1v) is 2.64. The van der Waals surface area contributed by atoms with E-state index in [0.29, 0.717) is 13.0 Å². The topological polar surface area (TPSA) is 29.5 Å². The summed E-state index contributed by atoms with van der Waals surface area (Å²) in [6, 6.07) is 0. The van der Waals surface area contributed by atoms with E-state index in [1.54, 1.807) is 0 Å². The zero-order valence-electron chi connectivity index (χ0n) is 4.88. The molecule has 1 rings (SSSR count). The quantitative estimate of drug-likeness (QED) is 0.744. The van der Waals surface area contributed by atoms with Gasteiger partial charge in [0, 0.05) is 34.1 Å². The first-order chi connectivity index (χ1) is 3.77. The van der Waals surface area contributed by atoms with Crippen LogP contribution in [0.5, 0.6) is 0 Å². The van der Waals surface area contributed by atoms with Gasteiger partial charge < -0.3 is 9.84 Å². The first kappa shape index (κ1) is 9.54. The molecule has 9 heavy (non-hydrogen) atoms. The Hall–Kier alpha value is 0.538. The van der Waals surface area contributed by atoms with Crippen LogP contribution < -0.4 is 0 Å². The molecule has 1 heterocycles. The SMILES string of the molecule is OCC1(F)CCOC1.[Pt]. The van der Waals surface area contributed by atoms with Crippen molar-refractivity contribution in [1.82, 2.24) is 0 Å². The standard InChI is InChI=1S/C5H9FO2.Pt/c6-5(3-7)1-2-8-4-5;/h7H,1-4H2;. The maximum Gasteiger partial charge on any atom is 0.159 e. The molecule has 2 nitrogen and oxygen atoms in total. The second-order valence-electron chi connectivity index (χ2n) is 2.11. The Bertz CT molecular complexity index is 83.0. The molecule has 0 bridgehead atoms. The Morgan fingerprint density at radius 2 is 2.33 bits per heavy atom. The summed E-state index contributed by atoms with van der Waals surface area (Å²) < 4.78 is 17.4. The van der Waals surface area contributed by atoms with E-state index in [-0.39, 0.29) is 27.7 Å². The van der Waals surface area contributed by atoms with Gasteiger partial charge in [-0.25, -0.2) is 4.39 Å². The van der Waals surface area contributed by atoms with Crippen LogP contribution in [0.3, 0.4) is 0 Å². The molecule has 0 aromatic rings. The summed E-state index contributed by atoms with van der Waals surface area (Å²) >= 11 is 0. The van der Waals surface area contributed by atoms with Crippen molar-refractivity contribution in [1.29, 1.82) is 0 Å². The van der Waals surface area contributed by atoms with Gasteiger partial charge in [-0.05, 0) is 0 Å². The van der Waals surface area contributed by atoms with Crippen LogP contribution in [0.25, 0.3) is 0 Å². The zero-order chi connectivity index (χ0) is 6.04. The van der Waals surface area contributed by atoms with Crippen LogP contribution in [-0.2, 0) is 25.8 Å². The minimum atomic E-state index is -1.43. The van der Waals surface area contributed by atoms with Crippen LogP contribution in [0.15, 0.2) is 0 Å². The molecule has 4 heteroatoms. The molecule has 0 amide bonds. The van der Waals surface area contributed by atoms with Gasteiger partial charge in [-0.1, -0.05) is 0 Å². The smallest absolute Gasteiger partial charge is 0.159 e. The van der Waals surface area contributed by atoms with Crippen LogP contribution >= 0.6 is 0 Å². The van der Waals surface area contributed by atoms with Gasteiger partial charge in [0.1, 0.15) is 0 Å². The first-order valence-electron chi connectivity index (χ1n) is 2.64. The number of aliphatic hydroxyl groups excluding tert-OH is 1. The van der Waals surface area contributed by atoms with Crippen LogP contribution in [0, 0.1) is 0 Å². The molecule has 0 aliphatic carbocycles. The number of aliphatic hydroxyl groups is 1. The number of hydrogen-bond acceptors (Lipinski definition) is 2. The maximum atomic E-state index is 12.7. The van der Waals surface area contributed by atoms with Gasteiger partial charge in [0.05, 0.1) is 13.2 Å². The van der Waals surface area contributed by atoms with Crippen LogP contribution in [-0.4, -0.2) is 30.6 Å². The Morgan fingerprint density at radius 3 is 2.56 bits per heavy atom. The molecule has 0 aromatic carbocycles. The van der Waals surface area contributed by atoms with E-state index < -0.39 is 12.3 Å². The molecular weight excluding hydrogens is 306 g/mol. The van der Waals surface area contributed by atoms with Crippen molar-refractivity contribution in [2.75, 3.05) is 19.8 Å². The normalized spacial score (nSPS) is 34.0. The Morgan fingerprint density at radius 1 is 1.67 bits per heavy atom. The van der Waals surface area contributed by atoms with E-state index in [1.165, 1.54) is 0 Å². The summed E-state index contributed by atoms with van der Waals surface area (Å²) in [4.78, 5) is 0. The number of halogens is 1. The molecule has 1 saturated heterocycles. The van der Waals surface area contributed by atoms with Gasteiger partial charge in [0.2, 0.25) is 0 Å². The Balaban J connectivity index is 0.000000640. The van der Waals surface area contributed by atoms with Crippen molar-refractivity contribution in [2.45, 2.75) is 12.1 Å². The van der Waals surface area contributed by atoms with Gasteiger partial charge in [-0.3, -0.25) is 0 Å². The summed E-state index contributed by atoms with van der Waals surface area (Å²) in [6.07, 6.45) is 0.337. The molecule has 0 aromatic heterocycles. The minimum Gasteiger partial charge on any atom is -0.393 e. The molecule has 1 unspecified atom stereocenters. The number of hydrogen-bond donors (Lipinski definition) is 1. The second-order valence-corrected chi connectivity index (χ2v) is 2.11. The number of rotatable bonds is 1. The van der Waals surface area contributed by atoms with Crippen LogP contribution in [0.4, 0.5) is 4.39 Å². The van der Waals surface area contributed by atoms with E-state index in [1.807, 2.05) is 0 Å². The van der Waals surface area contributed by atoms with E-state index in [2.05, 4.69) is 0 Å². The second kappa shape index (κ2) is 3.64. The van der Waals surface area contributed by atoms with Crippen LogP contribution in [0.2, 0.25) is 0 Å². The van der Waals surface area contributed by atoms with E-state index in [4.69, 9.17) is 9.84 Å². The molecular formula is C5H9FO2Pt. The third-order valence-corrected chi connectivity index (χ3v) is 1.34. The van der Waals surface area contributed by atoms with E-state index in [0.717, 1.165) is 0 Å². The van der Waals surface area contributed by atoms with Gasteiger partial charge in [-0.15, -0.1) is 0 Å². The molecule has 0 spiro atoms. The van der Waals surface area contributed by atoms with Crippen molar-refractivity contribution in [2.24, 2.45) is 0 Å². The molecule has 1 atom stereocenters. The summed E-state index contributed by atoms with van der Waals surface area (Å²) in [7, 11) is 0. The van der Waals surface area contributed by atoms with Gasteiger partial charge in [0.25, 0.3) is 0 Å². The van der Waals surface area contributed by atoms with Crippen molar-refractivity contribution in [3.63, 3.8) is 0 Å². The summed E-state index contributed by atoms with van der Waals surface area (Å²) in [5.41, 5.74) is -1.43. The monoisotopic (exact) mass is 315 g/mol. The molecule has 1 aliphatic heterocycles. The molecule has 1 N–H and O–H groups in total. The fourth-order valence-corrected chi connectivity index (χ4v) is 0.707. The molecule has 58 valence electrons. The summed E-state index contributed by atoms with van der Waals surface area (Å²) in [6.45, 7) is 0.0908. The largest absolute Gasteiger partial charge is 0.393 e. The van der Waals surface area contributed by atoms with Crippen molar-refractivity contribution >= 4 is 0 Å². The average molecular weight is 315 g/mol. The van der Waals surface area contributed by atoms with E-state index >= 15 is 0 Å². The maximum absolute atomic E-state index is 12.7. The van der Waals surface area contributed by atoms with Crippen molar-refractivity contribution in [3.8, 4) is 0 Å². The van der Waals surface area contributed by atoms with E-state index in [9.17, 15) is 4.39 Å². The van der Waals surface area contributed by atoms with Gasteiger partial charge in [0.15, 0.2) is 5.67 Å². The zero-order valence-corrected chi connectivity index (χ0v) is 7.15. The van der Waals surface area contributed by atoms with Gasteiger partial charge in [-0.2, -0.15) is 0 Å². The fraction of sp³-hybridized carbons (Fsp3) is 1.00. The predicted octanol–water partition coefficient (Wildman–Crippen LogP) is 0.105. The fourth-order valence-electron chi connectivity index (χ4n) is 0.707. The molecule has 1 aliphatic rings. The third-order valence-electron chi connectivity index (χ3n) is 1.34. The molecule has 0 radical (unpaired) electrons. The minimum absolute atomic E-state index is 0. The molecule has 0 saturated carbocycles. The predicted molar refractivity (Wildman–Crippen MR) is 26.4 cm³/mol. The molecule has 1 fully saturated rings. The number of alkyl halides is 1. The summed E-state index contributed by atoms with van der Waals surface area (Å²) in [5.74, 6) is 0. The van der Waals surface area contributed by atoms with Gasteiger partial charge >= 0.3 is 0 Å². The number of ether oxygens (including phenoxy) is 1. The Labute approximate surface area is 67.7 Å². The third kappa shape index (κ3) is 2.32. The van der Waals surface area contributed by atoms with Crippen molar-refractivity contribution in [3.05, 3.63) is 0 Å². The van der Waals surface area contributed by atoms with Crippen molar-refractivity contribution < 1.29 is 35.3 Å². The average Bonchev–Trinajstić information content (AvgIpc) is 2.17. The Kier molecular flexibility index (Phi) is 3.86. The summed E-state index contributed by atoms with van der Waals surface area (Å²) in [5, 5.41) is 8.37.